The Balaban J connectivity index is 1.80. The minimum atomic E-state index is -0.726. The van der Waals surface area contributed by atoms with Crippen molar-refractivity contribution in [1.29, 1.82) is 0 Å². The quantitative estimate of drug-likeness (QED) is 0.696. The van der Waals surface area contributed by atoms with Crippen LogP contribution in [0.15, 0.2) is 30.3 Å². The molecule has 4 heteroatoms. The van der Waals surface area contributed by atoms with E-state index in [0.717, 1.165) is 25.8 Å². The van der Waals surface area contributed by atoms with Crippen molar-refractivity contribution in [3.8, 4) is 0 Å². The molecule has 2 N–H and O–H groups in total. The second kappa shape index (κ2) is 9.04. The molecule has 1 aromatic carbocycles. The van der Waals surface area contributed by atoms with Crippen LogP contribution in [0.3, 0.4) is 0 Å². The summed E-state index contributed by atoms with van der Waals surface area (Å²) >= 11 is 0. The number of rotatable bonds is 10. The van der Waals surface area contributed by atoms with E-state index in [2.05, 4.69) is 47.5 Å². The molecule has 4 nitrogen and oxygen atoms in total. The van der Waals surface area contributed by atoms with Crippen molar-refractivity contribution in [2.24, 2.45) is 0 Å². The Hall–Kier alpha value is -1.39. The van der Waals surface area contributed by atoms with Gasteiger partial charge in [0.05, 0.1) is 6.54 Å². The van der Waals surface area contributed by atoms with E-state index in [1.807, 2.05) is 6.92 Å². The smallest absolute Gasteiger partial charge is 0.317 e. The van der Waals surface area contributed by atoms with Gasteiger partial charge in [0.1, 0.15) is 0 Å². The lowest BCUT2D eigenvalue weighted by atomic mass is 9.84. The Morgan fingerprint density at radius 3 is 2.57 bits per heavy atom. The first-order valence-electron chi connectivity index (χ1n) is 8.88. The van der Waals surface area contributed by atoms with Gasteiger partial charge < -0.3 is 10.4 Å². The molecule has 0 radical (unpaired) electrons. The molecular formula is C19H30N2O2. The van der Waals surface area contributed by atoms with Gasteiger partial charge in [-0.1, -0.05) is 50.6 Å². The third-order valence-corrected chi connectivity index (χ3v) is 4.81. The molecule has 0 saturated heterocycles. The maximum atomic E-state index is 10.9. The van der Waals surface area contributed by atoms with Crippen LogP contribution < -0.4 is 5.32 Å². The third kappa shape index (κ3) is 5.63. The average molecular weight is 318 g/mol. The lowest BCUT2D eigenvalue weighted by Gasteiger charge is -2.44. The van der Waals surface area contributed by atoms with Crippen molar-refractivity contribution in [2.45, 2.75) is 64.1 Å². The first-order valence-corrected chi connectivity index (χ1v) is 8.88. The van der Waals surface area contributed by atoms with Gasteiger partial charge in [-0.25, -0.2) is 0 Å². The van der Waals surface area contributed by atoms with Crippen molar-refractivity contribution < 1.29 is 9.90 Å². The van der Waals surface area contributed by atoms with Crippen molar-refractivity contribution in [3.63, 3.8) is 0 Å². The summed E-state index contributed by atoms with van der Waals surface area (Å²) in [5.74, 6) is -0.726. The molecule has 0 aliphatic heterocycles. The van der Waals surface area contributed by atoms with Gasteiger partial charge in [-0.3, -0.25) is 9.69 Å². The van der Waals surface area contributed by atoms with E-state index in [1.165, 1.54) is 18.4 Å². The second-order valence-corrected chi connectivity index (χ2v) is 6.62. The summed E-state index contributed by atoms with van der Waals surface area (Å²) < 4.78 is 0. The maximum absolute atomic E-state index is 10.9. The predicted molar refractivity (Wildman–Crippen MR) is 93.7 cm³/mol. The van der Waals surface area contributed by atoms with Crippen molar-refractivity contribution in [3.05, 3.63) is 35.9 Å². The molecule has 0 aromatic heterocycles. The molecule has 0 spiro atoms. The van der Waals surface area contributed by atoms with Gasteiger partial charge in [-0.2, -0.15) is 0 Å². The molecule has 0 amide bonds. The highest BCUT2D eigenvalue weighted by molar-refractivity contribution is 5.69. The average Bonchev–Trinajstić information content (AvgIpc) is 2.49. The monoisotopic (exact) mass is 318 g/mol. The highest BCUT2D eigenvalue weighted by atomic mass is 16.4. The first kappa shape index (κ1) is 18.0. The zero-order valence-corrected chi connectivity index (χ0v) is 14.4. The molecule has 1 aliphatic carbocycles. The maximum Gasteiger partial charge on any atom is 0.317 e. The molecule has 1 fully saturated rings. The number of carboxylic acid groups (broad SMARTS) is 1. The minimum Gasteiger partial charge on any atom is -0.480 e. The van der Waals surface area contributed by atoms with Crippen LogP contribution in [0.2, 0.25) is 0 Å². The zero-order valence-electron chi connectivity index (χ0n) is 14.4. The molecular weight excluding hydrogens is 288 g/mol. The molecule has 1 aromatic rings. The molecule has 1 unspecified atom stereocenters. The molecule has 2 rings (SSSR count). The van der Waals surface area contributed by atoms with Gasteiger partial charge in [0.25, 0.3) is 0 Å². The predicted octanol–water partition coefficient (Wildman–Crippen LogP) is 2.92. The van der Waals surface area contributed by atoms with Crippen molar-refractivity contribution in [1.82, 2.24) is 10.2 Å². The number of likely N-dealkylation sites (N-methyl/N-ethyl adjacent to an activating group) is 1. The van der Waals surface area contributed by atoms with Crippen LogP contribution in [0.25, 0.3) is 0 Å². The summed E-state index contributed by atoms with van der Waals surface area (Å²) in [6.07, 6.45) is 5.57. The topological polar surface area (TPSA) is 52.6 Å². The van der Waals surface area contributed by atoms with Gasteiger partial charge in [0.15, 0.2) is 0 Å². The van der Waals surface area contributed by atoms with Crippen molar-refractivity contribution in [2.75, 3.05) is 13.1 Å². The van der Waals surface area contributed by atoms with Crippen LogP contribution in [0, 0.1) is 0 Å². The van der Waals surface area contributed by atoms with Crippen LogP contribution in [0.4, 0.5) is 0 Å². The largest absolute Gasteiger partial charge is 0.480 e. The van der Waals surface area contributed by atoms with E-state index in [0.29, 0.717) is 18.1 Å². The van der Waals surface area contributed by atoms with Gasteiger partial charge in [0, 0.05) is 18.1 Å². The van der Waals surface area contributed by atoms with E-state index < -0.39 is 5.97 Å². The fraction of sp³-hybridized carbons (Fsp3) is 0.632. The number of nitrogens with one attached hydrogen (secondary N) is 1. The standard InChI is InChI=1S/C19H30N2O2/c1-3-8-16(11-15-9-6-5-7-10-15)20-17-12-18(13-17)21(4-2)14-19(22)23/h5-7,9-10,16-18,20H,3-4,8,11-14H2,1-2H3,(H,22,23). The SMILES string of the molecule is CCCC(Cc1ccccc1)NC1CC(N(CC)CC(=O)O)C1. The highest BCUT2D eigenvalue weighted by Crippen LogP contribution is 2.26. The summed E-state index contributed by atoms with van der Waals surface area (Å²) in [6.45, 7) is 5.25. The zero-order chi connectivity index (χ0) is 16.7. The van der Waals surface area contributed by atoms with Crippen LogP contribution in [0.5, 0.6) is 0 Å². The van der Waals surface area contributed by atoms with Gasteiger partial charge in [-0.15, -0.1) is 0 Å². The number of aliphatic carboxylic acids is 1. The van der Waals surface area contributed by atoms with Gasteiger partial charge in [0.2, 0.25) is 0 Å². The lowest BCUT2D eigenvalue weighted by Crippen LogP contribution is -2.55. The first-order chi connectivity index (χ1) is 11.1. The number of carboxylic acids is 1. The number of benzene rings is 1. The third-order valence-electron chi connectivity index (χ3n) is 4.81. The molecule has 23 heavy (non-hydrogen) atoms. The molecule has 1 aliphatic rings. The van der Waals surface area contributed by atoms with E-state index >= 15 is 0 Å². The highest BCUT2D eigenvalue weighted by Gasteiger charge is 2.34. The molecule has 0 heterocycles. The number of nitrogens with zero attached hydrogens (tertiary/aromatic N) is 1. The van der Waals surface area contributed by atoms with E-state index in [1.54, 1.807) is 0 Å². The summed E-state index contributed by atoms with van der Waals surface area (Å²) in [4.78, 5) is 13.0. The Morgan fingerprint density at radius 1 is 1.30 bits per heavy atom. The summed E-state index contributed by atoms with van der Waals surface area (Å²) in [5.41, 5.74) is 1.38. The van der Waals surface area contributed by atoms with Gasteiger partial charge in [-0.05, 0) is 37.8 Å². The van der Waals surface area contributed by atoms with Gasteiger partial charge >= 0.3 is 5.97 Å². The van der Waals surface area contributed by atoms with Crippen LogP contribution in [0.1, 0.15) is 45.1 Å². The molecule has 1 saturated carbocycles. The normalized spacial score (nSPS) is 21.9. The Bertz CT molecular complexity index is 472. The lowest BCUT2D eigenvalue weighted by molar-refractivity contribution is -0.139. The Kier molecular flexibility index (Phi) is 7.06. The summed E-state index contributed by atoms with van der Waals surface area (Å²) in [6, 6.07) is 12.1. The van der Waals surface area contributed by atoms with E-state index in [-0.39, 0.29) is 6.54 Å². The fourth-order valence-electron chi connectivity index (χ4n) is 3.52. The van der Waals surface area contributed by atoms with Crippen molar-refractivity contribution >= 4 is 5.97 Å². The Labute approximate surface area is 139 Å². The molecule has 1 atom stereocenters. The van der Waals surface area contributed by atoms with E-state index in [4.69, 9.17) is 5.11 Å². The summed E-state index contributed by atoms with van der Waals surface area (Å²) in [5, 5.41) is 12.8. The van der Waals surface area contributed by atoms with Crippen LogP contribution >= 0.6 is 0 Å². The fourth-order valence-corrected chi connectivity index (χ4v) is 3.52. The second-order valence-electron chi connectivity index (χ2n) is 6.62. The van der Waals surface area contributed by atoms with E-state index in [9.17, 15) is 4.79 Å². The van der Waals surface area contributed by atoms with Crippen LogP contribution in [-0.2, 0) is 11.2 Å². The number of hydrogen-bond acceptors (Lipinski definition) is 3. The molecule has 0 bridgehead atoms. The number of carbonyl (C=O) groups is 1. The number of hydrogen-bond donors (Lipinski definition) is 2. The van der Waals surface area contributed by atoms with Crippen LogP contribution in [-0.4, -0.2) is 47.2 Å². The minimum absolute atomic E-state index is 0.163. The Morgan fingerprint density at radius 2 is 2.00 bits per heavy atom. The molecule has 128 valence electrons. The summed E-state index contributed by atoms with van der Waals surface area (Å²) in [7, 11) is 0.